The van der Waals surface area contributed by atoms with E-state index in [1.54, 1.807) is 12.1 Å². The van der Waals surface area contributed by atoms with Crippen molar-refractivity contribution in [2.75, 3.05) is 31.1 Å². The lowest BCUT2D eigenvalue weighted by Crippen LogP contribution is -2.47. The smallest absolute Gasteiger partial charge is 0.269 e. The maximum Gasteiger partial charge on any atom is 0.269 e. The van der Waals surface area contributed by atoms with Gasteiger partial charge in [0.25, 0.3) is 5.69 Å². The van der Waals surface area contributed by atoms with Gasteiger partial charge in [0.05, 0.1) is 4.92 Å². The van der Waals surface area contributed by atoms with Crippen molar-refractivity contribution in [3.05, 3.63) is 70.3 Å². The van der Waals surface area contributed by atoms with Gasteiger partial charge in [-0.2, -0.15) is 0 Å². The molecule has 0 saturated carbocycles. The summed E-state index contributed by atoms with van der Waals surface area (Å²) in [5, 5.41) is 10.7. The normalized spacial score (nSPS) is 17.0. The molecule has 1 fully saturated rings. The van der Waals surface area contributed by atoms with Crippen LogP contribution < -0.4 is 4.90 Å². The van der Waals surface area contributed by atoms with Gasteiger partial charge < -0.3 is 4.90 Å². The fraction of sp³-hybridized carbons (Fsp3) is 0.333. The first-order chi connectivity index (χ1) is 11.1. The molecule has 1 aliphatic heterocycles. The minimum atomic E-state index is -0.358. The first-order valence-electron chi connectivity index (χ1n) is 7.93. The van der Waals surface area contributed by atoms with Gasteiger partial charge in [-0.25, -0.2) is 0 Å². The van der Waals surface area contributed by atoms with Crippen molar-refractivity contribution in [3.63, 3.8) is 0 Å². The molecule has 2 aromatic rings. The van der Waals surface area contributed by atoms with Gasteiger partial charge in [0.2, 0.25) is 0 Å². The maximum atomic E-state index is 10.7. The summed E-state index contributed by atoms with van der Waals surface area (Å²) < 4.78 is 0. The summed E-state index contributed by atoms with van der Waals surface area (Å²) in [6.07, 6.45) is 0. The zero-order chi connectivity index (χ0) is 16.2. The topological polar surface area (TPSA) is 49.6 Å². The van der Waals surface area contributed by atoms with Gasteiger partial charge in [0.15, 0.2) is 0 Å². The molecule has 120 valence electrons. The van der Waals surface area contributed by atoms with E-state index in [0.717, 1.165) is 31.9 Å². The monoisotopic (exact) mass is 311 g/mol. The number of benzene rings is 2. The number of piperazine rings is 1. The van der Waals surface area contributed by atoms with Crippen molar-refractivity contribution in [1.29, 1.82) is 0 Å². The van der Waals surface area contributed by atoms with E-state index in [-0.39, 0.29) is 10.6 Å². The Morgan fingerprint density at radius 1 is 0.957 bits per heavy atom. The molecule has 1 atom stereocenters. The lowest BCUT2D eigenvalue weighted by molar-refractivity contribution is -0.384. The number of hydrogen-bond acceptors (Lipinski definition) is 4. The van der Waals surface area contributed by atoms with Gasteiger partial charge in [-0.05, 0) is 24.6 Å². The Labute approximate surface area is 136 Å². The molecular weight excluding hydrogens is 290 g/mol. The number of nitro benzene ring substituents is 1. The summed E-state index contributed by atoms with van der Waals surface area (Å²) in [6, 6.07) is 17.8. The van der Waals surface area contributed by atoms with Gasteiger partial charge in [-0.3, -0.25) is 15.0 Å². The molecule has 0 spiro atoms. The SMILES string of the molecule is CC(c1ccccc1)N1CCN(c2ccc([N+](=O)[O-])cc2)CC1. The van der Waals surface area contributed by atoms with E-state index in [0.29, 0.717) is 6.04 Å². The Morgan fingerprint density at radius 3 is 2.13 bits per heavy atom. The third-order valence-electron chi connectivity index (χ3n) is 4.57. The van der Waals surface area contributed by atoms with Crippen molar-refractivity contribution in [2.24, 2.45) is 0 Å². The molecule has 2 aromatic carbocycles. The van der Waals surface area contributed by atoms with Crippen LogP contribution in [0.25, 0.3) is 0 Å². The molecule has 0 N–H and O–H groups in total. The highest BCUT2D eigenvalue weighted by atomic mass is 16.6. The molecule has 1 aliphatic rings. The second kappa shape index (κ2) is 6.79. The predicted octanol–water partition coefficient (Wildman–Crippen LogP) is 3.48. The molecule has 5 nitrogen and oxygen atoms in total. The summed E-state index contributed by atoms with van der Waals surface area (Å²) >= 11 is 0. The molecule has 23 heavy (non-hydrogen) atoms. The lowest BCUT2D eigenvalue weighted by atomic mass is 10.1. The van der Waals surface area contributed by atoms with Crippen LogP contribution in [-0.4, -0.2) is 36.0 Å². The largest absolute Gasteiger partial charge is 0.369 e. The third-order valence-corrected chi connectivity index (χ3v) is 4.57. The van der Waals surface area contributed by atoms with Crippen molar-refractivity contribution in [3.8, 4) is 0 Å². The molecule has 1 heterocycles. The van der Waals surface area contributed by atoms with Crippen LogP contribution in [0.2, 0.25) is 0 Å². The number of nitrogens with zero attached hydrogens (tertiary/aromatic N) is 3. The number of non-ortho nitro benzene ring substituents is 1. The summed E-state index contributed by atoms with van der Waals surface area (Å²) in [5.74, 6) is 0. The van der Waals surface area contributed by atoms with E-state index in [2.05, 4.69) is 41.0 Å². The van der Waals surface area contributed by atoms with Crippen LogP contribution in [0.5, 0.6) is 0 Å². The first-order valence-corrected chi connectivity index (χ1v) is 7.93. The average molecular weight is 311 g/mol. The molecule has 0 aliphatic carbocycles. The second-order valence-electron chi connectivity index (χ2n) is 5.88. The summed E-state index contributed by atoms with van der Waals surface area (Å²) in [6.45, 7) is 6.11. The number of anilines is 1. The van der Waals surface area contributed by atoms with Crippen molar-refractivity contribution in [1.82, 2.24) is 4.90 Å². The van der Waals surface area contributed by atoms with E-state index in [1.165, 1.54) is 5.56 Å². The molecule has 0 radical (unpaired) electrons. The zero-order valence-electron chi connectivity index (χ0n) is 13.3. The first kappa shape index (κ1) is 15.5. The van der Waals surface area contributed by atoms with Crippen LogP contribution in [0, 0.1) is 10.1 Å². The fourth-order valence-corrected chi connectivity index (χ4v) is 3.09. The fourth-order valence-electron chi connectivity index (χ4n) is 3.09. The zero-order valence-corrected chi connectivity index (χ0v) is 13.3. The summed E-state index contributed by atoms with van der Waals surface area (Å²) in [7, 11) is 0. The van der Waals surface area contributed by atoms with Crippen molar-refractivity contribution in [2.45, 2.75) is 13.0 Å². The van der Waals surface area contributed by atoms with Gasteiger partial charge in [-0.15, -0.1) is 0 Å². The van der Waals surface area contributed by atoms with Gasteiger partial charge >= 0.3 is 0 Å². The van der Waals surface area contributed by atoms with E-state index in [9.17, 15) is 10.1 Å². The highest BCUT2D eigenvalue weighted by molar-refractivity contribution is 5.51. The van der Waals surface area contributed by atoms with Crippen molar-refractivity contribution >= 4 is 11.4 Å². The average Bonchev–Trinajstić information content (AvgIpc) is 2.62. The van der Waals surface area contributed by atoms with Crippen LogP contribution >= 0.6 is 0 Å². The minimum Gasteiger partial charge on any atom is -0.369 e. The molecule has 1 saturated heterocycles. The van der Waals surface area contributed by atoms with E-state index in [1.807, 2.05) is 18.2 Å². The Bertz CT molecular complexity index is 650. The Kier molecular flexibility index (Phi) is 4.57. The van der Waals surface area contributed by atoms with E-state index >= 15 is 0 Å². The quantitative estimate of drug-likeness (QED) is 0.641. The van der Waals surface area contributed by atoms with Crippen LogP contribution in [0.3, 0.4) is 0 Å². The van der Waals surface area contributed by atoms with Gasteiger partial charge in [0.1, 0.15) is 0 Å². The van der Waals surface area contributed by atoms with Crippen molar-refractivity contribution < 1.29 is 4.92 Å². The minimum absolute atomic E-state index is 0.144. The lowest BCUT2D eigenvalue weighted by Gasteiger charge is -2.39. The highest BCUT2D eigenvalue weighted by Crippen LogP contribution is 2.24. The van der Waals surface area contributed by atoms with Crippen LogP contribution in [-0.2, 0) is 0 Å². The molecule has 3 rings (SSSR count). The Morgan fingerprint density at radius 2 is 1.57 bits per heavy atom. The van der Waals surface area contributed by atoms with Crippen LogP contribution in [0.1, 0.15) is 18.5 Å². The predicted molar refractivity (Wildman–Crippen MR) is 91.7 cm³/mol. The molecular formula is C18H21N3O2. The van der Waals surface area contributed by atoms with E-state index in [4.69, 9.17) is 0 Å². The summed E-state index contributed by atoms with van der Waals surface area (Å²) in [4.78, 5) is 15.1. The maximum absolute atomic E-state index is 10.7. The number of hydrogen-bond donors (Lipinski definition) is 0. The highest BCUT2D eigenvalue weighted by Gasteiger charge is 2.22. The molecule has 0 bridgehead atoms. The standard InChI is InChI=1S/C18H21N3O2/c1-15(16-5-3-2-4-6-16)19-11-13-20(14-12-19)17-7-9-18(10-8-17)21(22)23/h2-10,15H,11-14H2,1H3. The van der Waals surface area contributed by atoms with Crippen LogP contribution in [0.15, 0.2) is 54.6 Å². The molecule has 5 heteroatoms. The summed E-state index contributed by atoms with van der Waals surface area (Å²) in [5.41, 5.74) is 2.55. The van der Waals surface area contributed by atoms with Gasteiger partial charge in [-0.1, -0.05) is 30.3 Å². The number of rotatable bonds is 4. The molecule has 0 aromatic heterocycles. The third kappa shape index (κ3) is 3.51. The van der Waals surface area contributed by atoms with E-state index < -0.39 is 0 Å². The molecule has 1 unspecified atom stereocenters. The van der Waals surface area contributed by atoms with Gasteiger partial charge in [0, 0.05) is 50.0 Å². The Hall–Kier alpha value is -2.40. The second-order valence-corrected chi connectivity index (χ2v) is 5.88. The molecule has 0 amide bonds. The Balaban J connectivity index is 1.61. The number of nitro groups is 1. The van der Waals surface area contributed by atoms with Crippen LogP contribution in [0.4, 0.5) is 11.4 Å².